The molecule has 2 rings (SSSR count). The average Bonchev–Trinajstić information content (AvgIpc) is 2.48. The molecule has 0 bridgehead atoms. The van der Waals surface area contributed by atoms with Crippen molar-refractivity contribution in [1.29, 1.82) is 0 Å². The van der Waals surface area contributed by atoms with E-state index >= 15 is 0 Å². The zero-order valence-corrected chi connectivity index (χ0v) is 11.9. The number of urea groups is 1. The summed E-state index contributed by atoms with van der Waals surface area (Å²) in [5.41, 5.74) is 0.422. The van der Waals surface area contributed by atoms with Crippen LogP contribution in [0.3, 0.4) is 0 Å². The molecule has 2 heterocycles. The molecule has 1 unspecified atom stereocenters. The summed E-state index contributed by atoms with van der Waals surface area (Å²) >= 11 is 0. The van der Waals surface area contributed by atoms with Gasteiger partial charge in [-0.3, -0.25) is 0 Å². The van der Waals surface area contributed by atoms with E-state index in [1.165, 1.54) is 18.3 Å². The number of carboxylic acids is 1. The normalized spacial score (nSPS) is 18.3. The Balaban J connectivity index is 1.92. The van der Waals surface area contributed by atoms with Crippen molar-refractivity contribution in [3.05, 3.63) is 24.0 Å². The van der Waals surface area contributed by atoms with Gasteiger partial charge >= 0.3 is 12.0 Å². The molecular formula is C14H19N3O4. The zero-order chi connectivity index (χ0) is 15.2. The van der Waals surface area contributed by atoms with Gasteiger partial charge in [0.15, 0.2) is 0 Å². The van der Waals surface area contributed by atoms with Crippen molar-refractivity contribution in [3.63, 3.8) is 0 Å². The lowest BCUT2D eigenvalue weighted by molar-refractivity contribution is 0.0181. The Kier molecular flexibility index (Phi) is 5.10. The van der Waals surface area contributed by atoms with E-state index < -0.39 is 5.97 Å². The van der Waals surface area contributed by atoms with Crippen molar-refractivity contribution in [2.75, 3.05) is 25.0 Å². The quantitative estimate of drug-likeness (QED) is 0.883. The fourth-order valence-electron chi connectivity index (χ4n) is 2.29. The number of ether oxygens (including phenoxy) is 1. The van der Waals surface area contributed by atoms with Crippen LogP contribution in [0.5, 0.6) is 0 Å². The number of likely N-dealkylation sites (tertiary alicyclic amines) is 1. The van der Waals surface area contributed by atoms with Gasteiger partial charge in [-0.15, -0.1) is 0 Å². The van der Waals surface area contributed by atoms with E-state index in [0.29, 0.717) is 25.4 Å². The molecule has 0 aromatic carbocycles. The minimum absolute atomic E-state index is 0.0534. The molecule has 1 aliphatic heterocycles. The summed E-state index contributed by atoms with van der Waals surface area (Å²) in [5.74, 6) is -1.09. The third-order valence-electron chi connectivity index (χ3n) is 3.30. The van der Waals surface area contributed by atoms with Gasteiger partial charge in [-0.1, -0.05) is 0 Å². The molecule has 1 atom stereocenters. The van der Waals surface area contributed by atoms with Crippen molar-refractivity contribution >= 4 is 17.7 Å². The number of nitrogens with one attached hydrogen (secondary N) is 1. The molecule has 1 aromatic rings. The maximum absolute atomic E-state index is 12.2. The summed E-state index contributed by atoms with van der Waals surface area (Å²) in [4.78, 5) is 28.3. The summed E-state index contributed by atoms with van der Waals surface area (Å²) in [6, 6.07) is 2.67. The van der Waals surface area contributed by atoms with Crippen LogP contribution in [-0.2, 0) is 4.74 Å². The van der Waals surface area contributed by atoms with Crippen molar-refractivity contribution in [3.8, 4) is 0 Å². The number of pyridine rings is 1. The highest BCUT2D eigenvalue weighted by Crippen LogP contribution is 2.15. The van der Waals surface area contributed by atoms with Crippen LogP contribution in [0.15, 0.2) is 18.3 Å². The van der Waals surface area contributed by atoms with E-state index in [-0.39, 0.29) is 17.8 Å². The number of aromatic nitrogens is 1. The van der Waals surface area contributed by atoms with Gasteiger partial charge in [0.25, 0.3) is 0 Å². The zero-order valence-electron chi connectivity index (χ0n) is 11.9. The molecule has 1 aromatic heterocycles. The van der Waals surface area contributed by atoms with Crippen LogP contribution in [0.2, 0.25) is 0 Å². The smallest absolute Gasteiger partial charge is 0.354 e. The van der Waals surface area contributed by atoms with Crippen molar-refractivity contribution in [1.82, 2.24) is 9.88 Å². The Morgan fingerprint density at radius 3 is 2.95 bits per heavy atom. The van der Waals surface area contributed by atoms with Gasteiger partial charge in [0.05, 0.1) is 18.0 Å². The summed E-state index contributed by atoms with van der Waals surface area (Å²) in [6.07, 6.45) is 3.30. The van der Waals surface area contributed by atoms with Crippen LogP contribution < -0.4 is 5.32 Å². The predicted molar refractivity (Wildman–Crippen MR) is 76.4 cm³/mol. The molecule has 0 saturated carbocycles. The number of carbonyl (C=O) groups excluding carboxylic acids is 1. The molecular weight excluding hydrogens is 274 g/mol. The maximum atomic E-state index is 12.2. The Morgan fingerprint density at radius 2 is 2.33 bits per heavy atom. The first-order chi connectivity index (χ1) is 10.1. The third kappa shape index (κ3) is 4.16. The van der Waals surface area contributed by atoms with Gasteiger partial charge in [-0.05, 0) is 31.9 Å². The van der Waals surface area contributed by atoms with Crippen LogP contribution in [0.25, 0.3) is 0 Å². The van der Waals surface area contributed by atoms with Gasteiger partial charge in [0, 0.05) is 19.7 Å². The first-order valence-electron chi connectivity index (χ1n) is 6.97. The van der Waals surface area contributed by atoms with Gasteiger partial charge in [-0.25, -0.2) is 14.6 Å². The molecule has 2 amide bonds. The fourth-order valence-corrected chi connectivity index (χ4v) is 2.29. The minimum atomic E-state index is -1.09. The largest absolute Gasteiger partial charge is 0.477 e. The highest BCUT2D eigenvalue weighted by Gasteiger charge is 2.23. The number of carboxylic acid groups (broad SMARTS) is 1. The second-order valence-electron chi connectivity index (χ2n) is 4.83. The van der Waals surface area contributed by atoms with Crippen LogP contribution in [0.1, 0.15) is 30.3 Å². The number of amides is 2. The second kappa shape index (κ2) is 7.03. The van der Waals surface area contributed by atoms with Crippen LogP contribution >= 0.6 is 0 Å². The second-order valence-corrected chi connectivity index (χ2v) is 4.83. The molecule has 21 heavy (non-hydrogen) atoms. The topological polar surface area (TPSA) is 91.8 Å². The van der Waals surface area contributed by atoms with E-state index in [1.807, 2.05) is 6.92 Å². The van der Waals surface area contributed by atoms with Crippen molar-refractivity contribution in [2.24, 2.45) is 0 Å². The molecule has 1 aliphatic rings. The van der Waals surface area contributed by atoms with Gasteiger partial charge in [-0.2, -0.15) is 0 Å². The number of aromatic carboxylic acids is 1. The SMILES string of the molecule is CCOC1CCCN(C(=O)Nc2ccc(C(=O)O)nc2)C1. The molecule has 7 heteroatoms. The summed E-state index contributed by atoms with van der Waals surface area (Å²) < 4.78 is 5.56. The molecule has 7 nitrogen and oxygen atoms in total. The number of piperidine rings is 1. The lowest BCUT2D eigenvalue weighted by Gasteiger charge is -2.32. The first-order valence-corrected chi connectivity index (χ1v) is 6.97. The number of hydrogen-bond acceptors (Lipinski definition) is 4. The number of hydrogen-bond donors (Lipinski definition) is 2. The van der Waals surface area contributed by atoms with Crippen LogP contribution in [0, 0.1) is 0 Å². The van der Waals surface area contributed by atoms with E-state index in [2.05, 4.69) is 10.3 Å². The molecule has 0 spiro atoms. The molecule has 0 radical (unpaired) electrons. The molecule has 114 valence electrons. The van der Waals surface area contributed by atoms with E-state index in [9.17, 15) is 9.59 Å². The number of anilines is 1. The van der Waals surface area contributed by atoms with Crippen molar-refractivity contribution in [2.45, 2.75) is 25.9 Å². The third-order valence-corrected chi connectivity index (χ3v) is 3.30. The monoisotopic (exact) mass is 293 g/mol. The summed E-state index contributed by atoms with van der Waals surface area (Å²) in [6.45, 7) is 3.84. The molecule has 2 N–H and O–H groups in total. The Morgan fingerprint density at radius 1 is 1.52 bits per heavy atom. The van der Waals surface area contributed by atoms with Gasteiger partial charge < -0.3 is 20.1 Å². The lowest BCUT2D eigenvalue weighted by atomic mass is 10.1. The molecule has 1 saturated heterocycles. The first kappa shape index (κ1) is 15.2. The van der Waals surface area contributed by atoms with Gasteiger partial charge in [0.2, 0.25) is 0 Å². The van der Waals surface area contributed by atoms with E-state index in [1.54, 1.807) is 4.90 Å². The molecule has 1 fully saturated rings. The number of carbonyl (C=O) groups is 2. The number of rotatable bonds is 4. The van der Waals surface area contributed by atoms with Crippen molar-refractivity contribution < 1.29 is 19.4 Å². The summed E-state index contributed by atoms with van der Waals surface area (Å²) in [5, 5.41) is 11.5. The lowest BCUT2D eigenvalue weighted by Crippen LogP contribution is -2.45. The van der Waals surface area contributed by atoms with Crippen LogP contribution in [-0.4, -0.2) is 52.8 Å². The Labute approximate surface area is 122 Å². The predicted octanol–water partition coefficient (Wildman–Crippen LogP) is 1.81. The number of nitrogens with zero attached hydrogens (tertiary/aromatic N) is 2. The van der Waals surface area contributed by atoms with E-state index in [4.69, 9.17) is 9.84 Å². The van der Waals surface area contributed by atoms with Crippen LogP contribution in [0.4, 0.5) is 10.5 Å². The van der Waals surface area contributed by atoms with E-state index in [0.717, 1.165) is 12.8 Å². The highest BCUT2D eigenvalue weighted by atomic mass is 16.5. The maximum Gasteiger partial charge on any atom is 0.354 e. The Hall–Kier alpha value is -2.15. The summed E-state index contributed by atoms with van der Waals surface area (Å²) in [7, 11) is 0. The highest BCUT2D eigenvalue weighted by molar-refractivity contribution is 5.90. The standard InChI is InChI=1S/C14H19N3O4/c1-2-21-11-4-3-7-17(9-11)14(20)16-10-5-6-12(13(18)19)15-8-10/h5-6,8,11H,2-4,7,9H2,1H3,(H,16,20)(H,18,19). The minimum Gasteiger partial charge on any atom is -0.477 e. The van der Waals surface area contributed by atoms with Gasteiger partial charge in [0.1, 0.15) is 5.69 Å². The average molecular weight is 293 g/mol. The Bertz CT molecular complexity index is 501. The molecule has 0 aliphatic carbocycles. The fraction of sp³-hybridized carbons (Fsp3) is 0.500.